The third-order valence-corrected chi connectivity index (χ3v) is 6.68. The number of hydrogen-bond donors (Lipinski definition) is 1. The molecule has 2 aliphatic rings. The largest absolute Gasteiger partial charge is 0.328 e. The molecule has 1 aromatic carbocycles. The van der Waals surface area contributed by atoms with E-state index in [0.29, 0.717) is 12.1 Å². The van der Waals surface area contributed by atoms with Crippen LogP contribution >= 0.6 is 0 Å². The zero-order chi connectivity index (χ0) is 19.0. The zero-order valence-electron chi connectivity index (χ0n) is 17.1. The van der Waals surface area contributed by atoms with Crippen LogP contribution in [0.3, 0.4) is 0 Å². The van der Waals surface area contributed by atoms with E-state index in [9.17, 15) is 0 Å². The van der Waals surface area contributed by atoms with Gasteiger partial charge >= 0.3 is 0 Å². The van der Waals surface area contributed by atoms with Crippen molar-refractivity contribution in [1.29, 1.82) is 0 Å². The van der Waals surface area contributed by atoms with Crippen molar-refractivity contribution in [2.45, 2.75) is 71.5 Å². The predicted octanol–water partition coefficient (Wildman–Crippen LogP) is 4.45. The zero-order valence-corrected chi connectivity index (χ0v) is 17.1. The Bertz CT molecular complexity index is 786. The Kier molecular flexibility index (Phi) is 5.38. The molecular weight excluding hydrogens is 332 g/mol. The van der Waals surface area contributed by atoms with Crippen molar-refractivity contribution < 1.29 is 0 Å². The van der Waals surface area contributed by atoms with E-state index in [-0.39, 0.29) is 0 Å². The number of piperidine rings is 1. The maximum Gasteiger partial charge on any atom is 0.140 e. The first kappa shape index (κ1) is 18.7. The molecule has 2 N–H and O–H groups in total. The molecule has 1 aliphatic carbocycles. The third kappa shape index (κ3) is 3.97. The van der Waals surface area contributed by atoms with Crippen LogP contribution in [0.25, 0.3) is 11.4 Å². The van der Waals surface area contributed by atoms with Crippen molar-refractivity contribution in [3.05, 3.63) is 41.2 Å². The summed E-state index contributed by atoms with van der Waals surface area (Å²) in [4.78, 5) is 7.38. The van der Waals surface area contributed by atoms with E-state index < -0.39 is 0 Å². The summed E-state index contributed by atoms with van der Waals surface area (Å²) >= 11 is 0. The molecule has 0 radical (unpaired) electrons. The molecule has 2 fully saturated rings. The topological polar surface area (TPSA) is 47.1 Å². The minimum atomic E-state index is 0.334. The van der Waals surface area contributed by atoms with Crippen molar-refractivity contribution in [2.24, 2.45) is 11.7 Å². The Hall–Kier alpha value is -1.65. The van der Waals surface area contributed by atoms with Gasteiger partial charge in [-0.2, -0.15) is 0 Å². The van der Waals surface area contributed by atoms with Gasteiger partial charge in [-0.05, 0) is 82.2 Å². The van der Waals surface area contributed by atoms with Crippen LogP contribution in [0.4, 0.5) is 0 Å². The second-order valence-corrected chi connectivity index (χ2v) is 8.94. The highest BCUT2D eigenvalue weighted by Crippen LogP contribution is 2.35. The van der Waals surface area contributed by atoms with Gasteiger partial charge in [0, 0.05) is 36.6 Å². The number of likely N-dealkylation sites (tertiary alicyclic amines) is 1. The number of aromatic nitrogens is 2. The van der Waals surface area contributed by atoms with Crippen LogP contribution in [0.1, 0.15) is 61.8 Å². The lowest BCUT2D eigenvalue weighted by Crippen LogP contribution is -2.32. The maximum atomic E-state index is 6.17. The average molecular weight is 367 g/mol. The van der Waals surface area contributed by atoms with Gasteiger partial charge in [0.15, 0.2) is 0 Å². The van der Waals surface area contributed by atoms with Gasteiger partial charge in [0.25, 0.3) is 0 Å². The van der Waals surface area contributed by atoms with E-state index in [1.807, 2.05) is 6.20 Å². The molecule has 0 bridgehead atoms. The van der Waals surface area contributed by atoms with Crippen molar-refractivity contribution >= 4 is 0 Å². The van der Waals surface area contributed by atoms with Crippen molar-refractivity contribution in [1.82, 2.24) is 14.5 Å². The van der Waals surface area contributed by atoms with E-state index in [0.717, 1.165) is 37.5 Å². The van der Waals surface area contributed by atoms with Crippen LogP contribution in [0, 0.1) is 19.8 Å². The Balaban J connectivity index is 1.63. The molecule has 27 heavy (non-hydrogen) atoms. The summed E-state index contributed by atoms with van der Waals surface area (Å²) < 4.78 is 2.38. The summed E-state index contributed by atoms with van der Waals surface area (Å²) in [6, 6.07) is 5.51. The number of imidazole rings is 1. The third-order valence-electron chi connectivity index (χ3n) is 6.68. The van der Waals surface area contributed by atoms with Gasteiger partial charge in [-0.15, -0.1) is 0 Å². The standard InChI is InChI=1S/C23H34N4/c1-16-6-9-26(10-7-16)15-19-12-17(2)13-22(18(19)3)23-25-8-11-27(23)21-5-4-20(24)14-21/h8,11-13,16,20-21H,4-7,9-10,14-15,24H2,1-3H3/t20-,21+/m0/s1. The van der Waals surface area contributed by atoms with Crippen LogP contribution in [0.15, 0.2) is 24.5 Å². The van der Waals surface area contributed by atoms with Crippen molar-refractivity contribution in [3.63, 3.8) is 0 Å². The molecule has 4 rings (SSSR count). The minimum Gasteiger partial charge on any atom is -0.328 e. The van der Waals surface area contributed by atoms with Crippen LogP contribution in [-0.4, -0.2) is 33.6 Å². The van der Waals surface area contributed by atoms with Gasteiger partial charge in [-0.25, -0.2) is 4.98 Å². The Morgan fingerprint density at radius 3 is 2.59 bits per heavy atom. The number of aryl methyl sites for hydroxylation is 1. The lowest BCUT2D eigenvalue weighted by Gasteiger charge is -2.31. The lowest BCUT2D eigenvalue weighted by atomic mass is 9.95. The molecule has 0 spiro atoms. The van der Waals surface area contributed by atoms with Crippen molar-refractivity contribution in [2.75, 3.05) is 13.1 Å². The van der Waals surface area contributed by atoms with Gasteiger partial charge in [0.1, 0.15) is 5.82 Å². The van der Waals surface area contributed by atoms with Gasteiger partial charge in [0.2, 0.25) is 0 Å². The molecular formula is C23H34N4. The van der Waals surface area contributed by atoms with Crippen molar-refractivity contribution in [3.8, 4) is 11.4 Å². The number of rotatable bonds is 4. The summed E-state index contributed by atoms with van der Waals surface area (Å²) in [5.74, 6) is 1.99. The number of benzene rings is 1. The maximum absolute atomic E-state index is 6.17. The highest BCUT2D eigenvalue weighted by atomic mass is 15.1. The van der Waals surface area contributed by atoms with Crippen LogP contribution in [-0.2, 0) is 6.54 Å². The predicted molar refractivity (Wildman–Crippen MR) is 112 cm³/mol. The smallest absolute Gasteiger partial charge is 0.140 e. The van der Waals surface area contributed by atoms with E-state index in [4.69, 9.17) is 10.7 Å². The first-order valence-electron chi connectivity index (χ1n) is 10.6. The molecule has 0 amide bonds. The molecule has 2 heterocycles. The van der Waals surface area contributed by atoms with Crippen LogP contribution < -0.4 is 5.73 Å². The summed E-state index contributed by atoms with van der Waals surface area (Å²) in [5, 5.41) is 0. The molecule has 1 saturated carbocycles. The second-order valence-electron chi connectivity index (χ2n) is 8.94. The van der Waals surface area contributed by atoms with Gasteiger partial charge in [-0.1, -0.05) is 18.6 Å². The molecule has 0 unspecified atom stereocenters. The Morgan fingerprint density at radius 2 is 1.89 bits per heavy atom. The molecule has 2 aromatic rings. The molecule has 1 aliphatic heterocycles. The molecule has 4 heteroatoms. The van der Waals surface area contributed by atoms with Gasteiger partial charge in [-0.3, -0.25) is 4.90 Å². The summed E-state index contributed by atoms with van der Waals surface area (Å²) in [6.07, 6.45) is 10.1. The quantitative estimate of drug-likeness (QED) is 0.869. The Labute approximate surface area is 163 Å². The van der Waals surface area contributed by atoms with Gasteiger partial charge in [0.05, 0.1) is 0 Å². The summed E-state index contributed by atoms with van der Waals surface area (Å²) in [6.45, 7) is 10.4. The van der Waals surface area contributed by atoms with Crippen LogP contribution in [0.2, 0.25) is 0 Å². The fraction of sp³-hybridized carbons (Fsp3) is 0.609. The van der Waals surface area contributed by atoms with E-state index in [2.05, 4.69) is 48.6 Å². The number of nitrogens with two attached hydrogens (primary N) is 1. The SMILES string of the molecule is Cc1cc(CN2CCC(C)CC2)c(C)c(-c2nccn2[C@@H]2CC[C@H](N)C2)c1. The highest BCUT2D eigenvalue weighted by Gasteiger charge is 2.26. The number of hydrogen-bond acceptors (Lipinski definition) is 3. The highest BCUT2D eigenvalue weighted by molar-refractivity contribution is 5.64. The minimum absolute atomic E-state index is 0.334. The van der Waals surface area contributed by atoms with Crippen LogP contribution in [0.5, 0.6) is 0 Å². The first-order valence-corrected chi connectivity index (χ1v) is 10.6. The molecule has 4 nitrogen and oxygen atoms in total. The van der Waals surface area contributed by atoms with Gasteiger partial charge < -0.3 is 10.3 Å². The fourth-order valence-corrected chi connectivity index (χ4v) is 4.85. The molecule has 2 atom stereocenters. The monoisotopic (exact) mass is 366 g/mol. The van der Waals surface area contributed by atoms with E-state index in [1.165, 1.54) is 48.2 Å². The average Bonchev–Trinajstić information content (AvgIpc) is 3.28. The van der Waals surface area contributed by atoms with E-state index in [1.54, 1.807) is 0 Å². The summed E-state index contributed by atoms with van der Waals surface area (Å²) in [5.41, 5.74) is 11.6. The molecule has 1 saturated heterocycles. The summed E-state index contributed by atoms with van der Waals surface area (Å²) in [7, 11) is 0. The van der Waals surface area contributed by atoms with E-state index >= 15 is 0 Å². The lowest BCUT2D eigenvalue weighted by molar-refractivity contribution is 0.185. The number of nitrogens with zero attached hydrogens (tertiary/aromatic N) is 3. The molecule has 1 aromatic heterocycles. The first-order chi connectivity index (χ1) is 13.0. The second kappa shape index (κ2) is 7.76. The fourth-order valence-electron chi connectivity index (χ4n) is 4.85. The Morgan fingerprint density at radius 1 is 1.11 bits per heavy atom. The normalized spacial score (nSPS) is 24.6. The molecule has 146 valence electrons.